The fourth-order valence-electron chi connectivity index (χ4n) is 1.66. The molecule has 5 nitrogen and oxygen atoms in total. The van der Waals surface area contributed by atoms with E-state index < -0.39 is 0 Å². The third kappa shape index (κ3) is 3.93. The van der Waals surface area contributed by atoms with Gasteiger partial charge in [0, 0.05) is 24.5 Å². The Balaban J connectivity index is 2.01. The molecule has 19 heavy (non-hydrogen) atoms. The third-order valence-electron chi connectivity index (χ3n) is 2.64. The number of hydrogen-bond acceptors (Lipinski definition) is 3. The minimum Gasteiger partial charge on any atom is -0.321 e. The quantitative estimate of drug-likeness (QED) is 0.769. The smallest absolute Gasteiger partial charge is 0.273 e. The Hall–Kier alpha value is -2.14. The number of carbonyl (C=O) groups excluding carboxylic acids is 1. The molecule has 100 valence electrons. The number of nitrogens with one attached hydrogen (secondary N) is 3. The maximum atomic E-state index is 11.9. The van der Waals surface area contributed by atoms with E-state index >= 15 is 0 Å². The summed E-state index contributed by atoms with van der Waals surface area (Å²) >= 11 is 0. The molecule has 0 saturated carbocycles. The van der Waals surface area contributed by atoms with Crippen LogP contribution in [-0.2, 0) is 6.54 Å². The van der Waals surface area contributed by atoms with E-state index in [4.69, 9.17) is 0 Å². The highest BCUT2D eigenvalue weighted by atomic mass is 16.1. The van der Waals surface area contributed by atoms with E-state index in [1.807, 2.05) is 24.3 Å². The van der Waals surface area contributed by atoms with Crippen LogP contribution in [-0.4, -0.2) is 22.1 Å². The number of anilines is 1. The summed E-state index contributed by atoms with van der Waals surface area (Å²) in [6.45, 7) is 4.99. The molecule has 0 bridgehead atoms. The number of hydrogen-bond donors (Lipinski definition) is 3. The lowest BCUT2D eigenvalue weighted by Crippen LogP contribution is -2.21. The van der Waals surface area contributed by atoms with Crippen LogP contribution in [0.3, 0.4) is 0 Å². The fraction of sp³-hybridized carbons (Fsp3) is 0.286. The molecule has 0 aliphatic carbocycles. The number of aromatic nitrogens is 2. The standard InChI is InChI=1S/C14H18N4O/c1-10(2)15-9-11-4-3-5-12(8-11)17-14(19)13-6-7-16-18-13/h3-8,10,15H,9H2,1-2H3,(H,16,18)(H,17,19). The van der Waals surface area contributed by atoms with Crippen molar-refractivity contribution in [1.29, 1.82) is 0 Å². The van der Waals surface area contributed by atoms with E-state index in [2.05, 4.69) is 34.7 Å². The second-order valence-electron chi connectivity index (χ2n) is 4.66. The number of rotatable bonds is 5. The van der Waals surface area contributed by atoms with Gasteiger partial charge in [0.25, 0.3) is 5.91 Å². The lowest BCUT2D eigenvalue weighted by Gasteiger charge is -2.10. The van der Waals surface area contributed by atoms with E-state index in [-0.39, 0.29) is 5.91 Å². The van der Waals surface area contributed by atoms with Crippen LogP contribution in [0.2, 0.25) is 0 Å². The number of carbonyl (C=O) groups is 1. The Morgan fingerprint density at radius 2 is 2.21 bits per heavy atom. The van der Waals surface area contributed by atoms with Gasteiger partial charge in [0.2, 0.25) is 0 Å². The lowest BCUT2D eigenvalue weighted by molar-refractivity contribution is 0.102. The largest absolute Gasteiger partial charge is 0.321 e. The van der Waals surface area contributed by atoms with Crippen molar-refractivity contribution in [1.82, 2.24) is 15.5 Å². The minimum atomic E-state index is -0.188. The first-order valence-corrected chi connectivity index (χ1v) is 6.28. The highest BCUT2D eigenvalue weighted by Gasteiger charge is 2.07. The van der Waals surface area contributed by atoms with Crippen LogP contribution in [0, 0.1) is 0 Å². The highest BCUT2D eigenvalue weighted by molar-refractivity contribution is 6.02. The molecule has 1 heterocycles. The number of amides is 1. The fourth-order valence-corrected chi connectivity index (χ4v) is 1.66. The van der Waals surface area contributed by atoms with Crippen molar-refractivity contribution in [3.05, 3.63) is 47.8 Å². The Kier molecular flexibility index (Phi) is 4.30. The van der Waals surface area contributed by atoms with Gasteiger partial charge < -0.3 is 10.6 Å². The third-order valence-corrected chi connectivity index (χ3v) is 2.64. The lowest BCUT2D eigenvalue weighted by atomic mass is 10.2. The van der Waals surface area contributed by atoms with Gasteiger partial charge >= 0.3 is 0 Å². The highest BCUT2D eigenvalue weighted by Crippen LogP contribution is 2.11. The number of aromatic amines is 1. The summed E-state index contributed by atoms with van der Waals surface area (Å²) in [5.41, 5.74) is 2.37. The van der Waals surface area contributed by atoms with Gasteiger partial charge in [-0.25, -0.2) is 0 Å². The molecule has 0 fully saturated rings. The van der Waals surface area contributed by atoms with Crippen LogP contribution in [0.25, 0.3) is 0 Å². The molecule has 0 radical (unpaired) electrons. The van der Waals surface area contributed by atoms with Gasteiger partial charge in [0.15, 0.2) is 0 Å². The van der Waals surface area contributed by atoms with Crippen LogP contribution in [0.15, 0.2) is 36.5 Å². The van der Waals surface area contributed by atoms with Crippen molar-refractivity contribution in [3.8, 4) is 0 Å². The first-order chi connectivity index (χ1) is 9.15. The molecule has 0 atom stereocenters. The summed E-state index contributed by atoms with van der Waals surface area (Å²) in [5, 5.41) is 12.6. The molecule has 0 unspecified atom stereocenters. The maximum Gasteiger partial charge on any atom is 0.273 e. The van der Waals surface area contributed by atoms with E-state index in [1.165, 1.54) is 0 Å². The van der Waals surface area contributed by atoms with Crippen molar-refractivity contribution in [2.75, 3.05) is 5.32 Å². The van der Waals surface area contributed by atoms with Crippen molar-refractivity contribution in [3.63, 3.8) is 0 Å². The summed E-state index contributed by atoms with van der Waals surface area (Å²) in [5.74, 6) is -0.188. The van der Waals surface area contributed by atoms with E-state index in [1.54, 1.807) is 12.3 Å². The van der Waals surface area contributed by atoms with Gasteiger partial charge in [-0.1, -0.05) is 26.0 Å². The van der Waals surface area contributed by atoms with Crippen molar-refractivity contribution in [2.24, 2.45) is 0 Å². The van der Waals surface area contributed by atoms with E-state index in [0.29, 0.717) is 11.7 Å². The van der Waals surface area contributed by atoms with Gasteiger partial charge in [-0.15, -0.1) is 0 Å². The van der Waals surface area contributed by atoms with Crippen LogP contribution < -0.4 is 10.6 Å². The average molecular weight is 258 g/mol. The predicted octanol–water partition coefficient (Wildman–Crippen LogP) is 2.16. The molecule has 2 rings (SSSR count). The number of H-pyrrole nitrogens is 1. The normalized spacial score (nSPS) is 10.7. The zero-order chi connectivity index (χ0) is 13.7. The minimum absolute atomic E-state index is 0.188. The molecule has 0 aliphatic rings. The Morgan fingerprint density at radius 1 is 1.37 bits per heavy atom. The van der Waals surface area contributed by atoms with Crippen LogP contribution in [0.5, 0.6) is 0 Å². The summed E-state index contributed by atoms with van der Waals surface area (Å²) in [4.78, 5) is 11.9. The molecular weight excluding hydrogens is 240 g/mol. The van der Waals surface area contributed by atoms with Gasteiger partial charge in [-0.05, 0) is 23.8 Å². The topological polar surface area (TPSA) is 69.8 Å². The van der Waals surface area contributed by atoms with Crippen molar-refractivity contribution < 1.29 is 4.79 Å². The first kappa shape index (κ1) is 13.3. The summed E-state index contributed by atoms with van der Waals surface area (Å²) in [6.07, 6.45) is 1.55. The van der Waals surface area contributed by atoms with Gasteiger partial charge in [-0.2, -0.15) is 5.10 Å². The van der Waals surface area contributed by atoms with Gasteiger partial charge in [0.1, 0.15) is 5.69 Å². The average Bonchev–Trinajstić information content (AvgIpc) is 2.91. The maximum absolute atomic E-state index is 11.9. The molecule has 2 aromatic rings. The summed E-state index contributed by atoms with van der Waals surface area (Å²) in [6, 6.07) is 9.86. The summed E-state index contributed by atoms with van der Waals surface area (Å²) in [7, 11) is 0. The monoisotopic (exact) mass is 258 g/mol. The molecular formula is C14H18N4O. The van der Waals surface area contributed by atoms with Crippen LogP contribution in [0.4, 0.5) is 5.69 Å². The molecule has 0 saturated heterocycles. The van der Waals surface area contributed by atoms with Crippen molar-refractivity contribution in [2.45, 2.75) is 26.4 Å². The zero-order valence-corrected chi connectivity index (χ0v) is 11.1. The van der Waals surface area contributed by atoms with Gasteiger partial charge in [0.05, 0.1) is 0 Å². The molecule has 3 N–H and O–H groups in total. The molecule has 1 aromatic carbocycles. The predicted molar refractivity (Wildman–Crippen MR) is 75.0 cm³/mol. The Bertz CT molecular complexity index is 534. The molecule has 0 aliphatic heterocycles. The first-order valence-electron chi connectivity index (χ1n) is 6.28. The molecule has 0 spiro atoms. The number of nitrogens with zero attached hydrogens (tertiary/aromatic N) is 1. The second kappa shape index (κ2) is 6.15. The Morgan fingerprint density at radius 3 is 2.89 bits per heavy atom. The van der Waals surface area contributed by atoms with Gasteiger partial charge in [-0.3, -0.25) is 9.89 Å². The molecule has 5 heteroatoms. The van der Waals surface area contributed by atoms with E-state index in [0.717, 1.165) is 17.8 Å². The zero-order valence-electron chi connectivity index (χ0n) is 11.1. The number of benzene rings is 1. The van der Waals surface area contributed by atoms with Crippen molar-refractivity contribution >= 4 is 11.6 Å². The SMILES string of the molecule is CC(C)NCc1cccc(NC(=O)c2ccn[nH]2)c1. The second-order valence-corrected chi connectivity index (χ2v) is 4.66. The van der Waals surface area contributed by atoms with Crippen LogP contribution >= 0.6 is 0 Å². The summed E-state index contributed by atoms with van der Waals surface area (Å²) < 4.78 is 0. The van der Waals surface area contributed by atoms with E-state index in [9.17, 15) is 4.79 Å². The molecule has 1 aromatic heterocycles. The Labute approximate surface area is 112 Å². The van der Waals surface area contributed by atoms with Crippen LogP contribution in [0.1, 0.15) is 29.9 Å². The molecule has 1 amide bonds.